The number of aryl methyl sites for hydroxylation is 1. The molecule has 0 unspecified atom stereocenters. The fourth-order valence-electron chi connectivity index (χ4n) is 2.60. The number of thioether (sulfide) groups is 1. The van der Waals surface area contributed by atoms with E-state index >= 15 is 0 Å². The Labute approximate surface area is 165 Å². The fraction of sp³-hybridized carbons (Fsp3) is 0.421. The molecule has 1 heterocycles. The lowest BCUT2D eigenvalue weighted by molar-refractivity contribution is 0.507. The summed E-state index contributed by atoms with van der Waals surface area (Å²) in [6.07, 6.45) is 5.74. The topological polar surface area (TPSA) is 83.7 Å². The van der Waals surface area contributed by atoms with E-state index < -0.39 is 9.84 Å². The molecule has 0 aliphatic heterocycles. The van der Waals surface area contributed by atoms with E-state index in [-0.39, 0.29) is 0 Å². The summed E-state index contributed by atoms with van der Waals surface area (Å²) in [6.45, 7) is 3.81. The predicted molar refractivity (Wildman–Crippen MR) is 112 cm³/mol. The van der Waals surface area contributed by atoms with Crippen LogP contribution < -0.4 is 10.6 Å². The first-order valence-corrected chi connectivity index (χ1v) is 12.0. The highest BCUT2D eigenvalue weighted by Crippen LogP contribution is 2.17. The maximum Gasteiger partial charge on any atom is 0.191 e. The van der Waals surface area contributed by atoms with E-state index in [1.807, 2.05) is 31.2 Å². The summed E-state index contributed by atoms with van der Waals surface area (Å²) in [5, 5.41) is 6.62. The quantitative estimate of drug-likeness (QED) is 0.376. The number of rotatable bonds is 9. The van der Waals surface area contributed by atoms with E-state index in [9.17, 15) is 8.42 Å². The Balaban J connectivity index is 2.00. The van der Waals surface area contributed by atoms with Crippen LogP contribution in [0.5, 0.6) is 0 Å². The van der Waals surface area contributed by atoms with E-state index in [0.29, 0.717) is 18.0 Å². The van der Waals surface area contributed by atoms with Crippen molar-refractivity contribution in [1.29, 1.82) is 0 Å². The molecule has 2 N–H and O–H groups in total. The molecule has 6 nitrogen and oxygen atoms in total. The number of nitrogens with one attached hydrogen (secondary N) is 2. The van der Waals surface area contributed by atoms with Crippen molar-refractivity contribution in [2.75, 3.05) is 31.4 Å². The van der Waals surface area contributed by atoms with Crippen molar-refractivity contribution in [3.8, 4) is 0 Å². The van der Waals surface area contributed by atoms with Crippen LogP contribution in [0.2, 0.25) is 0 Å². The van der Waals surface area contributed by atoms with E-state index in [0.717, 1.165) is 41.6 Å². The standard InChI is InChI=1S/C19H27N3O3S2/c1-15-13-16(6-7-18(15)27(3,23)24)14-22-19(21-10-12-26-2)20-9-8-17-5-4-11-25-17/h4-7,11,13H,8-10,12,14H2,1-3H3,(H2,20,21,22). The minimum atomic E-state index is -3.20. The van der Waals surface area contributed by atoms with Crippen LogP contribution in [-0.2, 0) is 22.8 Å². The Bertz CT molecular complexity index is 847. The lowest BCUT2D eigenvalue weighted by atomic mass is 10.1. The second-order valence-electron chi connectivity index (χ2n) is 6.21. The first-order chi connectivity index (χ1) is 12.9. The van der Waals surface area contributed by atoms with Gasteiger partial charge in [-0.25, -0.2) is 13.4 Å². The summed E-state index contributed by atoms with van der Waals surface area (Å²) < 4.78 is 28.8. The zero-order valence-corrected chi connectivity index (χ0v) is 17.6. The van der Waals surface area contributed by atoms with Gasteiger partial charge in [-0.2, -0.15) is 11.8 Å². The van der Waals surface area contributed by atoms with Crippen LogP contribution in [0, 0.1) is 6.92 Å². The molecule has 1 aromatic heterocycles. The van der Waals surface area contributed by atoms with Crippen molar-refractivity contribution < 1.29 is 12.8 Å². The van der Waals surface area contributed by atoms with Gasteiger partial charge >= 0.3 is 0 Å². The molecule has 0 aliphatic rings. The van der Waals surface area contributed by atoms with E-state index in [1.54, 1.807) is 24.1 Å². The number of aliphatic imine (C=N–C) groups is 1. The monoisotopic (exact) mass is 409 g/mol. The Morgan fingerprint density at radius 1 is 1.22 bits per heavy atom. The van der Waals surface area contributed by atoms with Crippen molar-refractivity contribution in [2.24, 2.45) is 4.99 Å². The Morgan fingerprint density at radius 2 is 2.00 bits per heavy atom. The molecule has 0 aliphatic carbocycles. The minimum Gasteiger partial charge on any atom is -0.469 e. The molecule has 27 heavy (non-hydrogen) atoms. The molecule has 0 radical (unpaired) electrons. The summed E-state index contributed by atoms with van der Waals surface area (Å²) in [6, 6.07) is 9.17. The van der Waals surface area contributed by atoms with Crippen molar-refractivity contribution in [3.63, 3.8) is 0 Å². The molecular formula is C19H27N3O3S2. The molecule has 0 fully saturated rings. The molecule has 0 bridgehead atoms. The zero-order chi connectivity index (χ0) is 19.7. The van der Waals surface area contributed by atoms with Crippen LogP contribution in [0.25, 0.3) is 0 Å². The van der Waals surface area contributed by atoms with Crippen LogP contribution >= 0.6 is 11.8 Å². The van der Waals surface area contributed by atoms with Gasteiger partial charge in [0.05, 0.1) is 17.7 Å². The molecule has 148 valence electrons. The van der Waals surface area contributed by atoms with Crippen molar-refractivity contribution in [3.05, 3.63) is 53.5 Å². The zero-order valence-electron chi connectivity index (χ0n) is 16.0. The lowest BCUT2D eigenvalue weighted by Gasteiger charge is -2.12. The molecule has 8 heteroatoms. The van der Waals surface area contributed by atoms with Gasteiger partial charge in [0.15, 0.2) is 15.8 Å². The molecule has 0 amide bonds. The van der Waals surface area contributed by atoms with E-state index in [4.69, 9.17) is 4.42 Å². The third-order valence-electron chi connectivity index (χ3n) is 3.90. The van der Waals surface area contributed by atoms with Gasteiger partial charge in [-0.15, -0.1) is 0 Å². The lowest BCUT2D eigenvalue weighted by Crippen LogP contribution is -2.39. The van der Waals surface area contributed by atoms with Gasteiger partial charge in [0.2, 0.25) is 0 Å². The van der Waals surface area contributed by atoms with Crippen LogP contribution in [0.15, 0.2) is 50.9 Å². The Kier molecular flexibility index (Phi) is 8.24. The largest absolute Gasteiger partial charge is 0.469 e. The van der Waals surface area contributed by atoms with Crippen molar-refractivity contribution in [2.45, 2.75) is 24.8 Å². The maximum atomic E-state index is 11.7. The number of nitrogens with zero attached hydrogens (tertiary/aromatic N) is 1. The van der Waals surface area contributed by atoms with Crippen LogP contribution in [-0.4, -0.2) is 45.7 Å². The SMILES string of the molecule is CSCCNC(=NCc1ccc(S(C)(=O)=O)c(C)c1)NCCc1ccco1. The summed E-state index contributed by atoms with van der Waals surface area (Å²) in [4.78, 5) is 4.99. The fourth-order valence-corrected chi connectivity index (χ4v) is 3.87. The minimum absolute atomic E-state index is 0.366. The highest BCUT2D eigenvalue weighted by molar-refractivity contribution is 7.98. The molecule has 0 spiro atoms. The van der Waals surface area contributed by atoms with Gasteiger partial charge in [-0.3, -0.25) is 0 Å². The second-order valence-corrected chi connectivity index (χ2v) is 9.18. The maximum absolute atomic E-state index is 11.7. The highest BCUT2D eigenvalue weighted by atomic mass is 32.2. The number of guanidine groups is 1. The molecule has 0 atom stereocenters. The number of furan rings is 1. The Morgan fingerprint density at radius 3 is 2.63 bits per heavy atom. The number of hydrogen-bond donors (Lipinski definition) is 2. The summed E-state index contributed by atoms with van der Waals surface area (Å²) in [7, 11) is -3.20. The van der Waals surface area contributed by atoms with Gasteiger partial charge < -0.3 is 15.1 Å². The van der Waals surface area contributed by atoms with E-state index in [1.165, 1.54) is 6.26 Å². The van der Waals surface area contributed by atoms with Crippen molar-refractivity contribution >= 4 is 27.6 Å². The average molecular weight is 410 g/mol. The van der Waals surface area contributed by atoms with Crippen molar-refractivity contribution in [1.82, 2.24) is 10.6 Å². The molecule has 2 rings (SSSR count). The van der Waals surface area contributed by atoms with Gasteiger partial charge in [0.1, 0.15) is 5.76 Å². The third kappa shape index (κ3) is 7.30. The number of benzene rings is 1. The van der Waals surface area contributed by atoms with Gasteiger partial charge in [-0.05, 0) is 42.5 Å². The smallest absolute Gasteiger partial charge is 0.191 e. The normalized spacial score (nSPS) is 12.2. The second kappa shape index (κ2) is 10.4. The first kappa shape index (κ1) is 21.4. The molecule has 0 saturated heterocycles. The number of hydrogen-bond acceptors (Lipinski definition) is 5. The predicted octanol–water partition coefficient (Wildman–Crippen LogP) is 2.63. The van der Waals surface area contributed by atoms with Gasteiger partial charge in [-0.1, -0.05) is 12.1 Å². The Hall–Kier alpha value is -1.93. The van der Waals surface area contributed by atoms with E-state index in [2.05, 4.69) is 21.9 Å². The third-order valence-corrected chi connectivity index (χ3v) is 5.77. The van der Waals surface area contributed by atoms with Crippen LogP contribution in [0.4, 0.5) is 0 Å². The summed E-state index contributed by atoms with van der Waals surface area (Å²) in [5.74, 6) is 2.65. The average Bonchev–Trinajstić information content (AvgIpc) is 3.11. The molecule has 1 aromatic carbocycles. The molecule has 0 saturated carbocycles. The molecule has 2 aromatic rings. The highest BCUT2D eigenvalue weighted by Gasteiger charge is 2.10. The van der Waals surface area contributed by atoms with Crippen LogP contribution in [0.1, 0.15) is 16.9 Å². The molecular weight excluding hydrogens is 382 g/mol. The summed E-state index contributed by atoms with van der Waals surface area (Å²) >= 11 is 1.77. The summed E-state index contributed by atoms with van der Waals surface area (Å²) in [5.41, 5.74) is 1.71. The van der Waals surface area contributed by atoms with Gasteiger partial charge in [0.25, 0.3) is 0 Å². The van der Waals surface area contributed by atoms with Crippen LogP contribution in [0.3, 0.4) is 0 Å². The van der Waals surface area contributed by atoms with Gasteiger partial charge in [0, 0.05) is 31.5 Å². The first-order valence-electron chi connectivity index (χ1n) is 8.73. The number of sulfone groups is 1.